The van der Waals surface area contributed by atoms with Crippen molar-refractivity contribution in [3.8, 4) is 22.1 Å². The van der Waals surface area contributed by atoms with E-state index in [4.69, 9.17) is 19.2 Å². The van der Waals surface area contributed by atoms with Crippen LogP contribution in [-0.4, -0.2) is 30.8 Å². The molecule has 38 heavy (non-hydrogen) atoms. The number of rotatable bonds is 6. The Morgan fingerprint density at radius 3 is 2.53 bits per heavy atom. The normalized spacial score (nSPS) is 12.1. The molecule has 2 aromatic heterocycles. The first kappa shape index (κ1) is 24.1. The molecule has 7 nitrogen and oxygen atoms in total. The van der Waals surface area contributed by atoms with Gasteiger partial charge in [-0.25, -0.2) is 9.78 Å². The Balaban J connectivity index is 1.36. The van der Waals surface area contributed by atoms with Gasteiger partial charge in [0.15, 0.2) is 11.5 Å². The number of hydrogen-bond donors (Lipinski definition) is 1. The van der Waals surface area contributed by atoms with Crippen LogP contribution in [0.3, 0.4) is 0 Å². The van der Waals surface area contributed by atoms with E-state index in [0.29, 0.717) is 17.5 Å². The van der Waals surface area contributed by atoms with Gasteiger partial charge in [0.05, 0.1) is 22.9 Å². The number of fused-ring (bicyclic) bond motifs is 2. The zero-order valence-electron chi connectivity index (χ0n) is 20.6. The number of aromatic nitrogens is 1. The first-order valence-electron chi connectivity index (χ1n) is 11.9. The Labute approximate surface area is 226 Å². The zero-order valence-corrected chi connectivity index (χ0v) is 22.2. The molecule has 5 aromatic rings. The molecule has 0 unspecified atom stereocenters. The predicted octanol–water partition coefficient (Wildman–Crippen LogP) is 6.69. The lowest BCUT2D eigenvalue weighted by Crippen LogP contribution is -2.12. The number of thiazole rings is 1. The zero-order chi connectivity index (χ0) is 26.2. The van der Waals surface area contributed by atoms with Gasteiger partial charge in [-0.2, -0.15) is 0 Å². The van der Waals surface area contributed by atoms with Crippen LogP contribution in [0.1, 0.15) is 36.7 Å². The van der Waals surface area contributed by atoms with Crippen molar-refractivity contribution in [3.63, 3.8) is 0 Å². The van der Waals surface area contributed by atoms with Gasteiger partial charge in [-0.3, -0.25) is 4.79 Å². The molecule has 3 heterocycles. The average molecular weight is 543 g/mol. The topological polar surface area (TPSA) is 86.8 Å². The maximum atomic E-state index is 13.3. The van der Waals surface area contributed by atoms with Crippen molar-refractivity contribution in [3.05, 3.63) is 93.9 Å². The fourth-order valence-corrected chi connectivity index (χ4v) is 6.72. The van der Waals surface area contributed by atoms with Crippen LogP contribution in [-0.2, 0) is 11.2 Å². The lowest BCUT2D eigenvalue weighted by molar-refractivity contribution is 0.0600. The maximum Gasteiger partial charge on any atom is 0.337 e. The van der Waals surface area contributed by atoms with E-state index in [1.807, 2.05) is 42.5 Å². The summed E-state index contributed by atoms with van der Waals surface area (Å²) in [4.78, 5) is 31.0. The number of amides is 1. The van der Waals surface area contributed by atoms with Gasteiger partial charge in [0.25, 0.3) is 5.91 Å². The number of benzene rings is 3. The van der Waals surface area contributed by atoms with Gasteiger partial charge in [0, 0.05) is 22.4 Å². The fourth-order valence-electron chi connectivity index (χ4n) is 4.34. The van der Waals surface area contributed by atoms with Gasteiger partial charge in [0.1, 0.15) is 10.0 Å². The Kier molecular flexibility index (Phi) is 6.30. The molecular formula is C29H22N2O5S2. The van der Waals surface area contributed by atoms with Crippen LogP contribution in [0.5, 0.6) is 11.5 Å². The first-order valence-corrected chi connectivity index (χ1v) is 13.5. The summed E-state index contributed by atoms with van der Waals surface area (Å²) in [6.07, 6.45) is 0.675. The van der Waals surface area contributed by atoms with Crippen molar-refractivity contribution >= 4 is 49.8 Å². The molecule has 0 spiro atoms. The second-order valence-corrected chi connectivity index (χ2v) is 10.9. The summed E-state index contributed by atoms with van der Waals surface area (Å²) < 4.78 is 16.8. The minimum absolute atomic E-state index is 0.232. The van der Waals surface area contributed by atoms with Gasteiger partial charge in [-0.1, -0.05) is 18.2 Å². The molecule has 1 aliphatic rings. The largest absolute Gasteiger partial charge is 0.465 e. The summed E-state index contributed by atoms with van der Waals surface area (Å²) in [6.45, 7) is 2.30. The molecule has 190 valence electrons. The van der Waals surface area contributed by atoms with E-state index < -0.39 is 5.97 Å². The quantitative estimate of drug-likeness (QED) is 0.241. The number of carbonyl (C=O) groups is 2. The fraction of sp³-hybridized carbons (Fsp3) is 0.138. The van der Waals surface area contributed by atoms with Gasteiger partial charge in [-0.05, 0) is 66.6 Å². The minimum Gasteiger partial charge on any atom is -0.465 e. The van der Waals surface area contributed by atoms with E-state index >= 15 is 0 Å². The third-order valence-electron chi connectivity index (χ3n) is 6.35. The molecule has 1 aliphatic heterocycles. The Bertz CT molecular complexity index is 1650. The van der Waals surface area contributed by atoms with Crippen LogP contribution in [0.15, 0.2) is 66.7 Å². The molecule has 0 saturated heterocycles. The van der Waals surface area contributed by atoms with Crippen LogP contribution in [0.2, 0.25) is 0 Å². The molecule has 3 aromatic carbocycles. The summed E-state index contributed by atoms with van der Waals surface area (Å²) in [6, 6.07) is 20.4. The molecule has 0 atom stereocenters. The molecule has 6 rings (SSSR count). The molecule has 1 amide bonds. The SMILES string of the molecule is COC(=O)c1ccc(C(=O)Nc2sc(Cc3ccc4c(c3)OCO4)c(C)c2-c2nc3ccccc3s2)cc1. The third kappa shape index (κ3) is 4.51. The first-order chi connectivity index (χ1) is 18.5. The van der Waals surface area contributed by atoms with Gasteiger partial charge in [-0.15, -0.1) is 22.7 Å². The number of esters is 1. The Morgan fingerprint density at radius 1 is 0.974 bits per heavy atom. The summed E-state index contributed by atoms with van der Waals surface area (Å²) in [5.41, 5.74) is 4.83. The molecule has 0 aliphatic carbocycles. The van der Waals surface area contributed by atoms with Crippen molar-refractivity contribution in [2.45, 2.75) is 13.3 Å². The van der Waals surface area contributed by atoms with E-state index in [9.17, 15) is 9.59 Å². The molecule has 9 heteroatoms. The van der Waals surface area contributed by atoms with E-state index in [2.05, 4.69) is 12.2 Å². The van der Waals surface area contributed by atoms with Crippen molar-refractivity contribution in [2.24, 2.45) is 0 Å². The number of ether oxygens (including phenoxy) is 3. The number of hydrogen-bond acceptors (Lipinski definition) is 8. The number of anilines is 1. The highest BCUT2D eigenvalue weighted by Crippen LogP contribution is 2.44. The number of carbonyl (C=O) groups excluding carboxylic acids is 2. The smallest absolute Gasteiger partial charge is 0.337 e. The Hall–Kier alpha value is -4.21. The minimum atomic E-state index is -0.447. The molecule has 0 bridgehead atoms. The lowest BCUT2D eigenvalue weighted by Gasteiger charge is -2.06. The predicted molar refractivity (Wildman–Crippen MR) is 149 cm³/mol. The van der Waals surface area contributed by atoms with Crippen LogP contribution >= 0.6 is 22.7 Å². The average Bonchev–Trinajstić information content (AvgIpc) is 3.65. The Morgan fingerprint density at radius 2 is 1.74 bits per heavy atom. The molecular weight excluding hydrogens is 520 g/mol. The highest BCUT2D eigenvalue weighted by atomic mass is 32.1. The van der Waals surface area contributed by atoms with Crippen molar-refractivity contribution in [1.82, 2.24) is 4.98 Å². The summed E-state index contributed by atoms with van der Waals surface area (Å²) in [7, 11) is 1.33. The monoisotopic (exact) mass is 542 g/mol. The van der Waals surface area contributed by atoms with E-state index in [-0.39, 0.29) is 12.7 Å². The van der Waals surface area contributed by atoms with Crippen LogP contribution in [0, 0.1) is 6.92 Å². The van der Waals surface area contributed by atoms with Gasteiger partial charge in [0.2, 0.25) is 6.79 Å². The van der Waals surface area contributed by atoms with Crippen LogP contribution in [0.25, 0.3) is 20.8 Å². The molecule has 0 fully saturated rings. The molecule has 0 saturated carbocycles. The second-order valence-electron chi connectivity index (χ2n) is 8.73. The van der Waals surface area contributed by atoms with E-state index in [0.717, 1.165) is 53.3 Å². The van der Waals surface area contributed by atoms with Gasteiger partial charge < -0.3 is 19.5 Å². The van der Waals surface area contributed by atoms with E-state index in [1.54, 1.807) is 46.9 Å². The number of para-hydroxylation sites is 1. The standard InChI is InChI=1S/C29H22N2O5S2/c1-16-24(14-17-7-12-21-22(13-17)36-15-35-21)38-28(25(16)27-30-20-5-3-4-6-23(20)37-27)31-26(32)18-8-10-19(11-9-18)29(33)34-2/h3-13H,14-15H2,1-2H3,(H,31,32). The van der Waals surface area contributed by atoms with Gasteiger partial charge >= 0.3 is 5.97 Å². The number of nitrogens with one attached hydrogen (secondary N) is 1. The lowest BCUT2D eigenvalue weighted by atomic mass is 10.1. The van der Waals surface area contributed by atoms with Crippen molar-refractivity contribution < 1.29 is 23.8 Å². The van der Waals surface area contributed by atoms with Crippen LogP contribution in [0.4, 0.5) is 5.00 Å². The number of thiophene rings is 1. The summed E-state index contributed by atoms with van der Waals surface area (Å²) in [5, 5.41) is 4.70. The van der Waals surface area contributed by atoms with E-state index in [1.165, 1.54) is 7.11 Å². The molecule has 1 N–H and O–H groups in total. The number of nitrogens with zero attached hydrogens (tertiary/aromatic N) is 1. The summed E-state index contributed by atoms with van der Waals surface area (Å²) in [5.74, 6) is 0.779. The van der Waals surface area contributed by atoms with Crippen molar-refractivity contribution in [2.75, 3.05) is 19.2 Å². The second kappa shape index (κ2) is 9.92. The maximum absolute atomic E-state index is 13.3. The van der Waals surface area contributed by atoms with Crippen LogP contribution < -0.4 is 14.8 Å². The third-order valence-corrected chi connectivity index (χ3v) is 8.61. The molecule has 0 radical (unpaired) electrons. The summed E-state index contributed by atoms with van der Waals surface area (Å²) >= 11 is 3.14. The highest BCUT2D eigenvalue weighted by molar-refractivity contribution is 7.23. The van der Waals surface area contributed by atoms with Crippen molar-refractivity contribution in [1.29, 1.82) is 0 Å². The highest BCUT2D eigenvalue weighted by Gasteiger charge is 2.23. The number of methoxy groups -OCH3 is 1.